The maximum absolute atomic E-state index is 13.5. The number of benzene rings is 3. The van der Waals surface area contributed by atoms with Gasteiger partial charge in [-0.05, 0) is 49.6 Å². The van der Waals surface area contributed by atoms with E-state index in [4.69, 9.17) is 9.84 Å². The van der Waals surface area contributed by atoms with Crippen molar-refractivity contribution in [3.63, 3.8) is 0 Å². The summed E-state index contributed by atoms with van der Waals surface area (Å²) in [6.45, 7) is 8.22. The molecule has 0 bridgehead atoms. The van der Waals surface area contributed by atoms with Crippen LogP contribution in [0.5, 0.6) is 5.75 Å². The van der Waals surface area contributed by atoms with Gasteiger partial charge in [-0.2, -0.15) is 5.10 Å². The van der Waals surface area contributed by atoms with Crippen molar-refractivity contribution in [2.45, 2.75) is 27.7 Å². The summed E-state index contributed by atoms with van der Waals surface area (Å²) in [5.74, 6) is 0.935. The van der Waals surface area contributed by atoms with E-state index < -0.39 is 0 Å². The highest BCUT2D eigenvalue weighted by molar-refractivity contribution is 5.99. The lowest BCUT2D eigenvalue weighted by Gasteiger charge is -2.25. The highest BCUT2D eigenvalue weighted by atomic mass is 16.5. The van der Waals surface area contributed by atoms with E-state index in [1.165, 1.54) is 4.90 Å². The van der Waals surface area contributed by atoms with Crippen LogP contribution in [0.3, 0.4) is 0 Å². The number of hydrogen-bond donors (Lipinski definition) is 2. The number of aromatic nitrogens is 2. The molecule has 0 aliphatic rings. The molecule has 0 aliphatic carbocycles. The SMILES string of the molecule is COc1ccccc1NC(=O)N(CC(=O)Nc1c(-c2ccccc2)c(C)nn1-c1ccc(C)cc1)CC(C)C. The summed E-state index contributed by atoms with van der Waals surface area (Å²) in [6, 6.07) is 24.6. The van der Waals surface area contributed by atoms with Crippen molar-refractivity contribution in [2.75, 3.05) is 30.8 Å². The van der Waals surface area contributed by atoms with Crippen molar-refractivity contribution in [1.82, 2.24) is 14.7 Å². The molecule has 0 fully saturated rings. The lowest BCUT2D eigenvalue weighted by atomic mass is 10.1. The molecule has 8 nitrogen and oxygen atoms in total. The fourth-order valence-electron chi connectivity index (χ4n) is 4.41. The Hall–Kier alpha value is -4.59. The number of rotatable bonds is 9. The number of urea groups is 1. The average Bonchev–Trinajstić information content (AvgIpc) is 3.24. The monoisotopic (exact) mass is 525 g/mol. The van der Waals surface area contributed by atoms with Gasteiger partial charge in [0, 0.05) is 12.1 Å². The van der Waals surface area contributed by atoms with Gasteiger partial charge >= 0.3 is 6.03 Å². The van der Waals surface area contributed by atoms with Crippen LogP contribution in [-0.2, 0) is 4.79 Å². The molecule has 0 saturated carbocycles. The Morgan fingerprint density at radius 1 is 0.923 bits per heavy atom. The molecule has 3 aromatic carbocycles. The lowest BCUT2D eigenvalue weighted by Crippen LogP contribution is -2.42. The zero-order valence-electron chi connectivity index (χ0n) is 23.1. The summed E-state index contributed by atoms with van der Waals surface area (Å²) >= 11 is 0. The minimum absolute atomic E-state index is 0.133. The van der Waals surface area contributed by atoms with Crippen LogP contribution in [0.2, 0.25) is 0 Å². The average molecular weight is 526 g/mol. The molecule has 4 rings (SSSR count). The van der Waals surface area contributed by atoms with Crippen molar-refractivity contribution in [1.29, 1.82) is 0 Å². The van der Waals surface area contributed by atoms with Crippen LogP contribution < -0.4 is 15.4 Å². The van der Waals surface area contributed by atoms with Crippen LogP contribution in [-0.4, -0.2) is 46.8 Å². The Labute approximate surface area is 229 Å². The van der Waals surface area contributed by atoms with Gasteiger partial charge in [-0.3, -0.25) is 4.79 Å². The normalized spacial score (nSPS) is 10.8. The fourth-order valence-corrected chi connectivity index (χ4v) is 4.41. The number of para-hydroxylation sites is 2. The van der Waals surface area contributed by atoms with Crippen LogP contribution in [0.1, 0.15) is 25.1 Å². The summed E-state index contributed by atoms with van der Waals surface area (Å²) in [5, 5.41) is 10.7. The molecule has 3 amide bonds. The van der Waals surface area contributed by atoms with E-state index in [-0.39, 0.29) is 24.4 Å². The van der Waals surface area contributed by atoms with E-state index >= 15 is 0 Å². The Kier molecular flexibility index (Phi) is 8.66. The van der Waals surface area contributed by atoms with Crippen LogP contribution in [0.25, 0.3) is 16.8 Å². The number of carbonyl (C=O) groups is 2. The van der Waals surface area contributed by atoms with Crippen LogP contribution in [0.15, 0.2) is 78.9 Å². The van der Waals surface area contributed by atoms with Gasteiger partial charge in [-0.15, -0.1) is 0 Å². The second kappa shape index (κ2) is 12.3. The number of hydrogen-bond acceptors (Lipinski definition) is 4. The molecule has 0 atom stereocenters. The van der Waals surface area contributed by atoms with Crippen LogP contribution in [0.4, 0.5) is 16.3 Å². The second-order valence-electron chi connectivity index (χ2n) is 9.88. The summed E-state index contributed by atoms with van der Waals surface area (Å²) in [4.78, 5) is 28.3. The zero-order valence-corrected chi connectivity index (χ0v) is 23.1. The van der Waals surface area contributed by atoms with Gasteiger partial charge in [0.15, 0.2) is 0 Å². The minimum Gasteiger partial charge on any atom is -0.495 e. The highest BCUT2D eigenvalue weighted by Gasteiger charge is 2.24. The van der Waals surface area contributed by atoms with Gasteiger partial charge in [-0.1, -0.05) is 74.0 Å². The topological polar surface area (TPSA) is 88.5 Å². The van der Waals surface area contributed by atoms with Crippen molar-refractivity contribution in [3.05, 3.63) is 90.1 Å². The smallest absolute Gasteiger partial charge is 0.322 e. The van der Waals surface area contributed by atoms with E-state index in [2.05, 4.69) is 10.6 Å². The van der Waals surface area contributed by atoms with Crippen LogP contribution >= 0.6 is 0 Å². The quantitative estimate of drug-likeness (QED) is 0.269. The molecule has 0 saturated heterocycles. The molecule has 0 aliphatic heterocycles. The molecule has 0 spiro atoms. The van der Waals surface area contributed by atoms with E-state index in [1.807, 2.05) is 94.4 Å². The molecule has 2 N–H and O–H groups in total. The van der Waals surface area contributed by atoms with Crippen molar-refractivity contribution in [2.24, 2.45) is 5.92 Å². The van der Waals surface area contributed by atoms with E-state index in [1.54, 1.807) is 23.9 Å². The molecule has 1 aromatic heterocycles. The predicted molar refractivity (Wildman–Crippen MR) is 156 cm³/mol. The summed E-state index contributed by atoms with van der Waals surface area (Å²) in [5.41, 5.74) is 5.05. The van der Waals surface area contributed by atoms with Gasteiger partial charge in [0.05, 0.1) is 24.2 Å². The summed E-state index contributed by atoms with van der Waals surface area (Å²) < 4.78 is 7.11. The Morgan fingerprint density at radius 2 is 1.59 bits per heavy atom. The molecule has 0 radical (unpaired) electrons. The first-order valence-electron chi connectivity index (χ1n) is 13.0. The van der Waals surface area contributed by atoms with Gasteiger partial charge in [0.25, 0.3) is 0 Å². The maximum atomic E-state index is 13.5. The minimum atomic E-state index is -0.380. The lowest BCUT2D eigenvalue weighted by molar-refractivity contribution is -0.116. The number of anilines is 2. The van der Waals surface area contributed by atoms with Gasteiger partial charge in [0.2, 0.25) is 5.91 Å². The second-order valence-corrected chi connectivity index (χ2v) is 9.88. The number of amides is 3. The molecule has 0 unspecified atom stereocenters. The maximum Gasteiger partial charge on any atom is 0.322 e. The van der Waals surface area contributed by atoms with Gasteiger partial charge in [-0.25, -0.2) is 9.48 Å². The van der Waals surface area contributed by atoms with Gasteiger partial charge < -0.3 is 20.3 Å². The highest BCUT2D eigenvalue weighted by Crippen LogP contribution is 2.33. The third-order valence-corrected chi connectivity index (χ3v) is 6.22. The standard InChI is InChI=1S/C31H35N5O3/c1-21(2)19-35(31(38)32-26-13-9-10-14-27(26)39-5)20-28(37)33-30-29(24-11-7-6-8-12-24)23(4)34-36(30)25-17-15-22(3)16-18-25/h6-18,21H,19-20H2,1-5H3,(H,32,38)(H,33,37). The zero-order chi connectivity index (χ0) is 27.9. The van der Waals surface area contributed by atoms with Gasteiger partial charge in [0.1, 0.15) is 18.1 Å². The number of aryl methyl sites for hydroxylation is 2. The molecular formula is C31H35N5O3. The molecular weight excluding hydrogens is 490 g/mol. The number of nitrogens with one attached hydrogen (secondary N) is 2. The fraction of sp³-hybridized carbons (Fsp3) is 0.258. The Bertz CT molecular complexity index is 1430. The Balaban J connectivity index is 1.64. The number of methoxy groups -OCH3 is 1. The van der Waals surface area contributed by atoms with E-state index in [0.29, 0.717) is 23.8 Å². The summed E-state index contributed by atoms with van der Waals surface area (Å²) in [6.07, 6.45) is 0. The summed E-state index contributed by atoms with van der Waals surface area (Å²) in [7, 11) is 1.55. The third-order valence-electron chi connectivity index (χ3n) is 6.22. The molecule has 1 heterocycles. The number of nitrogens with zero attached hydrogens (tertiary/aromatic N) is 3. The predicted octanol–water partition coefficient (Wildman–Crippen LogP) is 6.29. The molecule has 4 aromatic rings. The number of ether oxygens (including phenoxy) is 1. The number of carbonyl (C=O) groups excluding carboxylic acids is 2. The first-order chi connectivity index (χ1) is 18.8. The molecule has 8 heteroatoms. The van der Waals surface area contributed by atoms with Crippen molar-refractivity contribution < 1.29 is 14.3 Å². The largest absolute Gasteiger partial charge is 0.495 e. The Morgan fingerprint density at radius 3 is 2.26 bits per heavy atom. The van der Waals surface area contributed by atoms with E-state index in [0.717, 1.165) is 28.1 Å². The van der Waals surface area contributed by atoms with Crippen molar-refractivity contribution in [3.8, 4) is 22.6 Å². The molecule has 202 valence electrons. The first-order valence-corrected chi connectivity index (χ1v) is 13.0. The van der Waals surface area contributed by atoms with Crippen LogP contribution in [0, 0.1) is 19.8 Å². The first kappa shape index (κ1) is 27.4. The molecule has 39 heavy (non-hydrogen) atoms. The van der Waals surface area contributed by atoms with E-state index in [9.17, 15) is 9.59 Å². The third kappa shape index (κ3) is 6.65. The van der Waals surface area contributed by atoms with Crippen molar-refractivity contribution >= 4 is 23.4 Å².